The predicted molar refractivity (Wildman–Crippen MR) is 86.2 cm³/mol. The Kier molecular flexibility index (Phi) is 3.69. The van der Waals surface area contributed by atoms with Crippen LogP contribution in [0.1, 0.15) is 15.9 Å². The lowest BCUT2D eigenvalue weighted by molar-refractivity contribution is 0.0680. The van der Waals surface area contributed by atoms with Crippen LogP contribution < -0.4 is 4.74 Å². The first-order valence-electron chi connectivity index (χ1n) is 7.97. The number of fused-ring (bicyclic) bond motifs is 2. The number of hydrogen-bond acceptors (Lipinski definition) is 4. The molecule has 0 spiro atoms. The van der Waals surface area contributed by atoms with E-state index in [1.165, 1.54) is 6.07 Å². The van der Waals surface area contributed by atoms with Crippen molar-refractivity contribution in [2.45, 2.75) is 18.7 Å². The van der Waals surface area contributed by atoms with E-state index >= 15 is 0 Å². The summed E-state index contributed by atoms with van der Waals surface area (Å²) < 4.78 is 19.4. The standard InChI is InChI=1S/C18H18FN3O2/c1-21-15-10-22(9-12-4-2-5-13(19)8-12)11-16(15)24-17-14(18(21)23)6-3-7-20-17/h2-8,15-16H,9-11H2,1H3. The summed E-state index contributed by atoms with van der Waals surface area (Å²) in [6.07, 6.45) is 1.50. The average Bonchev–Trinajstić information content (AvgIpc) is 2.92. The van der Waals surface area contributed by atoms with E-state index in [9.17, 15) is 9.18 Å². The van der Waals surface area contributed by atoms with E-state index in [0.717, 1.165) is 5.56 Å². The third kappa shape index (κ3) is 2.63. The van der Waals surface area contributed by atoms with Crippen molar-refractivity contribution in [3.05, 3.63) is 59.5 Å². The zero-order valence-electron chi connectivity index (χ0n) is 13.4. The Balaban J connectivity index is 1.56. The van der Waals surface area contributed by atoms with Crippen LogP contribution in [0.5, 0.6) is 5.88 Å². The molecule has 124 valence electrons. The Hall–Kier alpha value is -2.47. The van der Waals surface area contributed by atoms with Gasteiger partial charge in [0.2, 0.25) is 5.88 Å². The van der Waals surface area contributed by atoms with Crippen LogP contribution in [0, 0.1) is 5.82 Å². The van der Waals surface area contributed by atoms with E-state index in [2.05, 4.69) is 9.88 Å². The Morgan fingerprint density at radius 1 is 1.29 bits per heavy atom. The Bertz CT molecular complexity index is 782. The number of halogens is 1. The summed E-state index contributed by atoms with van der Waals surface area (Å²) in [5.41, 5.74) is 1.42. The van der Waals surface area contributed by atoms with Crippen molar-refractivity contribution >= 4 is 5.91 Å². The molecule has 5 nitrogen and oxygen atoms in total. The predicted octanol–water partition coefficient (Wildman–Crippen LogP) is 1.94. The summed E-state index contributed by atoms with van der Waals surface area (Å²) in [7, 11) is 1.80. The van der Waals surface area contributed by atoms with Crippen LogP contribution in [0.2, 0.25) is 0 Å². The number of pyridine rings is 1. The molecule has 2 aliphatic heterocycles. The van der Waals surface area contributed by atoms with Crippen molar-refractivity contribution in [3.63, 3.8) is 0 Å². The van der Waals surface area contributed by atoms with Gasteiger partial charge in [0, 0.05) is 32.9 Å². The lowest BCUT2D eigenvalue weighted by Gasteiger charge is -2.25. The quantitative estimate of drug-likeness (QED) is 0.846. The van der Waals surface area contributed by atoms with Gasteiger partial charge in [0.1, 0.15) is 17.5 Å². The second-order valence-electron chi connectivity index (χ2n) is 6.32. The van der Waals surface area contributed by atoms with Crippen LogP contribution in [0.15, 0.2) is 42.6 Å². The number of aromatic nitrogens is 1. The minimum Gasteiger partial charge on any atom is -0.470 e. The highest BCUT2D eigenvalue weighted by atomic mass is 19.1. The molecule has 1 amide bonds. The van der Waals surface area contributed by atoms with E-state index in [4.69, 9.17) is 4.74 Å². The van der Waals surface area contributed by atoms with Crippen molar-refractivity contribution in [3.8, 4) is 5.88 Å². The van der Waals surface area contributed by atoms with E-state index < -0.39 is 0 Å². The van der Waals surface area contributed by atoms with Gasteiger partial charge in [0.15, 0.2) is 0 Å². The number of hydrogen-bond donors (Lipinski definition) is 0. The zero-order chi connectivity index (χ0) is 16.7. The third-order valence-corrected chi connectivity index (χ3v) is 4.69. The average molecular weight is 327 g/mol. The zero-order valence-corrected chi connectivity index (χ0v) is 13.4. The molecule has 1 saturated heterocycles. The molecule has 1 fully saturated rings. The monoisotopic (exact) mass is 327 g/mol. The molecule has 0 aliphatic carbocycles. The molecule has 0 bridgehead atoms. The van der Waals surface area contributed by atoms with Crippen molar-refractivity contribution in [2.75, 3.05) is 20.1 Å². The van der Waals surface area contributed by atoms with Crippen LogP contribution in [0.4, 0.5) is 4.39 Å². The van der Waals surface area contributed by atoms with Crippen molar-refractivity contribution in [2.24, 2.45) is 0 Å². The van der Waals surface area contributed by atoms with Gasteiger partial charge >= 0.3 is 0 Å². The van der Waals surface area contributed by atoms with Gasteiger partial charge in [-0.25, -0.2) is 9.37 Å². The maximum atomic E-state index is 13.4. The Labute approximate surface area is 139 Å². The van der Waals surface area contributed by atoms with Gasteiger partial charge in [0.25, 0.3) is 5.91 Å². The fraction of sp³-hybridized carbons (Fsp3) is 0.333. The summed E-state index contributed by atoms with van der Waals surface area (Å²) in [4.78, 5) is 20.8. The second kappa shape index (κ2) is 5.87. The maximum Gasteiger partial charge on any atom is 0.259 e. The molecule has 3 heterocycles. The minimum atomic E-state index is -0.234. The minimum absolute atomic E-state index is 0.0414. The Morgan fingerprint density at radius 3 is 3.00 bits per heavy atom. The topological polar surface area (TPSA) is 45.7 Å². The van der Waals surface area contributed by atoms with Crippen LogP contribution in [-0.2, 0) is 6.54 Å². The summed E-state index contributed by atoms with van der Waals surface area (Å²) in [6, 6.07) is 10.0. The molecule has 6 heteroatoms. The van der Waals surface area contributed by atoms with Crippen LogP contribution in [0.25, 0.3) is 0 Å². The van der Waals surface area contributed by atoms with Gasteiger partial charge in [-0.1, -0.05) is 12.1 Å². The number of amides is 1. The van der Waals surface area contributed by atoms with Crippen LogP contribution in [-0.4, -0.2) is 53.0 Å². The number of carbonyl (C=O) groups excluding carboxylic acids is 1. The number of rotatable bonds is 2. The molecule has 2 aliphatic rings. The van der Waals surface area contributed by atoms with Gasteiger partial charge in [-0.15, -0.1) is 0 Å². The fourth-order valence-electron chi connectivity index (χ4n) is 3.47. The SMILES string of the molecule is CN1C(=O)c2cccnc2OC2CN(Cc3cccc(F)c3)CC21. The Morgan fingerprint density at radius 2 is 2.17 bits per heavy atom. The molecule has 2 atom stereocenters. The first-order valence-corrected chi connectivity index (χ1v) is 7.97. The molecule has 4 rings (SSSR count). The largest absolute Gasteiger partial charge is 0.470 e. The van der Waals surface area contributed by atoms with Gasteiger partial charge in [-0.3, -0.25) is 9.69 Å². The molecule has 24 heavy (non-hydrogen) atoms. The van der Waals surface area contributed by atoms with Gasteiger partial charge in [-0.2, -0.15) is 0 Å². The molecule has 1 aromatic heterocycles. The van der Waals surface area contributed by atoms with Gasteiger partial charge < -0.3 is 9.64 Å². The summed E-state index contributed by atoms with van der Waals surface area (Å²) >= 11 is 0. The molecule has 0 saturated carbocycles. The van der Waals surface area contributed by atoms with Crippen molar-refractivity contribution in [1.29, 1.82) is 0 Å². The fourth-order valence-corrected chi connectivity index (χ4v) is 3.47. The third-order valence-electron chi connectivity index (χ3n) is 4.69. The van der Waals surface area contributed by atoms with E-state index in [-0.39, 0.29) is 23.9 Å². The molecule has 0 radical (unpaired) electrons. The molecule has 1 aromatic carbocycles. The number of ether oxygens (including phenoxy) is 1. The number of carbonyl (C=O) groups is 1. The number of likely N-dealkylation sites (N-methyl/N-ethyl adjacent to an activating group) is 1. The lowest BCUT2D eigenvalue weighted by atomic mass is 10.2. The van der Waals surface area contributed by atoms with Crippen LogP contribution >= 0.6 is 0 Å². The highest BCUT2D eigenvalue weighted by Crippen LogP contribution is 2.29. The highest BCUT2D eigenvalue weighted by molar-refractivity contribution is 5.96. The molecular weight excluding hydrogens is 309 g/mol. The van der Waals surface area contributed by atoms with Crippen LogP contribution in [0.3, 0.4) is 0 Å². The summed E-state index contributed by atoms with van der Waals surface area (Å²) in [5, 5.41) is 0. The van der Waals surface area contributed by atoms with Gasteiger partial charge in [0.05, 0.1) is 6.04 Å². The number of nitrogens with zero attached hydrogens (tertiary/aromatic N) is 3. The van der Waals surface area contributed by atoms with E-state index in [0.29, 0.717) is 31.1 Å². The van der Waals surface area contributed by atoms with E-state index in [1.807, 2.05) is 6.07 Å². The smallest absolute Gasteiger partial charge is 0.259 e. The molecule has 2 unspecified atom stereocenters. The molecule has 0 N–H and O–H groups in total. The molecule has 2 aromatic rings. The first-order chi connectivity index (χ1) is 11.6. The lowest BCUT2D eigenvalue weighted by Crippen LogP contribution is -2.44. The highest BCUT2D eigenvalue weighted by Gasteiger charge is 2.42. The van der Waals surface area contributed by atoms with Crippen molar-refractivity contribution < 1.29 is 13.9 Å². The second-order valence-corrected chi connectivity index (χ2v) is 6.32. The number of benzene rings is 1. The maximum absolute atomic E-state index is 13.4. The number of likely N-dealkylation sites (tertiary alicyclic amines) is 1. The summed E-state index contributed by atoms with van der Waals surface area (Å²) in [5.74, 6) is 0.0928. The molecular formula is C18H18FN3O2. The van der Waals surface area contributed by atoms with Gasteiger partial charge in [-0.05, 0) is 29.8 Å². The summed E-state index contributed by atoms with van der Waals surface area (Å²) in [6.45, 7) is 2.00. The normalized spacial score (nSPS) is 23.4. The van der Waals surface area contributed by atoms with Crippen molar-refractivity contribution in [1.82, 2.24) is 14.8 Å². The van der Waals surface area contributed by atoms with E-state index in [1.54, 1.807) is 42.4 Å². The first kappa shape index (κ1) is 15.1.